The minimum atomic E-state index is -0.853. The van der Waals surface area contributed by atoms with Gasteiger partial charge in [0.1, 0.15) is 5.78 Å². The first-order chi connectivity index (χ1) is 11.0. The summed E-state index contributed by atoms with van der Waals surface area (Å²) in [5.74, 6) is -3.31. The Bertz CT molecular complexity index is 596. The minimum absolute atomic E-state index is 0.0576. The molecular formula is C17H21NO5. The van der Waals surface area contributed by atoms with Gasteiger partial charge in [-0.25, -0.2) is 0 Å². The number of esters is 2. The molecule has 1 aromatic carbocycles. The van der Waals surface area contributed by atoms with Crippen molar-refractivity contribution in [2.75, 3.05) is 26.6 Å². The number of benzene rings is 1. The first-order valence-electron chi connectivity index (χ1n) is 7.49. The van der Waals surface area contributed by atoms with E-state index >= 15 is 0 Å². The lowest BCUT2D eigenvalue weighted by molar-refractivity contribution is -0.162. The molecule has 2 rings (SSSR count). The number of Topliss-reactive ketones (excluding diaryl/α,β-unsaturated/α-hetero) is 1. The van der Waals surface area contributed by atoms with E-state index in [2.05, 4.69) is 5.32 Å². The smallest absolute Gasteiger partial charge is 0.310 e. The molecule has 1 aromatic rings. The fraction of sp³-hybridized carbons (Fsp3) is 0.471. The highest BCUT2D eigenvalue weighted by molar-refractivity contribution is 5.95. The second kappa shape index (κ2) is 7.26. The fourth-order valence-electron chi connectivity index (χ4n) is 3.17. The highest BCUT2D eigenvalue weighted by Crippen LogP contribution is 2.40. The first kappa shape index (κ1) is 17.0. The molecule has 1 aliphatic carbocycles. The van der Waals surface area contributed by atoms with Gasteiger partial charge in [-0.05, 0) is 24.1 Å². The Kier molecular flexibility index (Phi) is 5.36. The molecule has 6 heteroatoms. The number of nitrogens with one attached hydrogen (secondary N) is 1. The van der Waals surface area contributed by atoms with E-state index in [1.54, 1.807) is 19.2 Å². The highest BCUT2D eigenvalue weighted by atomic mass is 16.5. The van der Waals surface area contributed by atoms with Gasteiger partial charge in [0.2, 0.25) is 0 Å². The highest BCUT2D eigenvalue weighted by Gasteiger charge is 2.47. The van der Waals surface area contributed by atoms with E-state index in [4.69, 9.17) is 9.47 Å². The van der Waals surface area contributed by atoms with Crippen LogP contribution in [-0.2, 0) is 23.9 Å². The summed E-state index contributed by atoms with van der Waals surface area (Å²) in [5, 5.41) is 3.00. The standard InChI is InChI=1S/C17H21NO5/c1-18-11-6-4-10(5-7-11)14-13(19)9-8-12(16(20)22-2)15(14)17(21)23-3/h4-7,12,14-15,18H,8-9H2,1-3H3/t12-,14+,15+/m1/s1. The summed E-state index contributed by atoms with van der Waals surface area (Å²) in [4.78, 5) is 36.7. The van der Waals surface area contributed by atoms with Crippen molar-refractivity contribution in [3.63, 3.8) is 0 Å². The molecule has 3 atom stereocenters. The van der Waals surface area contributed by atoms with Gasteiger partial charge in [-0.3, -0.25) is 14.4 Å². The molecule has 1 saturated carbocycles. The van der Waals surface area contributed by atoms with E-state index < -0.39 is 29.7 Å². The van der Waals surface area contributed by atoms with Crippen LogP contribution in [0.25, 0.3) is 0 Å². The molecule has 1 aliphatic rings. The Labute approximate surface area is 135 Å². The van der Waals surface area contributed by atoms with E-state index in [-0.39, 0.29) is 12.2 Å². The minimum Gasteiger partial charge on any atom is -0.469 e. The number of hydrogen-bond acceptors (Lipinski definition) is 6. The predicted molar refractivity (Wildman–Crippen MR) is 84.0 cm³/mol. The second-order valence-corrected chi connectivity index (χ2v) is 5.53. The lowest BCUT2D eigenvalue weighted by atomic mass is 9.68. The van der Waals surface area contributed by atoms with Gasteiger partial charge in [-0.1, -0.05) is 12.1 Å². The van der Waals surface area contributed by atoms with E-state index in [0.717, 1.165) is 5.69 Å². The van der Waals surface area contributed by atoms with Crippen LogP contribution in [0.3, 0.4) is 0 Å². The van der Waals surface area contributed by atoms with Crippen molar-refractivity contribution in [1.82, 2.24) is 0 Å². The molecule has 0 heterocycles. The Morgan fingerprint density at radius 3 is 2.22 bits per heavy atom. The summed E-state index contributed by atoms with van der Waals surface area (Å²) in [7, 11) is 4.34. The van der Waals surface area contributed by atoms with E-state index in [1.165, 1.54) is 14.2 Å². The number of methoxy groups -OCH3 is 2. The zero-order valence-electron chi connectivity index (χ0n) is 13.5. The van der Waals surface area contributed by atoms with Crippen molar-refractivity contribution in [2.24, 2.45) is 11.8 Å². The second-order valence-electron chi connectivity index (χ2n) is 5.53. The molecule has 23 heavy (non-hydrogen) atoms. The molecule has 124 valence electrons. The van der Waals surface area contributed by atoms with Crippen LogP contribution in [-0.4, -0.2) is 39.0 Å². The SMILES string of the molecule is CNc1ccc([C@H]2C(=O)CC[C@@H](C(=O)OC)[C@@H]2C(=O)OC)cc1. The van der Waals surface area contributed by atoms with Gasteiger partial charge in [0.05, 0.1) is 32.0 Å². The van der Waals surface area contributed by atoms with Crippen LogP contribution in [0.4, 0.5) is 5.69 Å². The maximum Gasteiger partial charge on any atom is 0.310 e. The largest absolute Gasteiger partial charge is 0.469 e. The fourth-order valence-corrected chi connectivity index (χ4v) is 3.17. The summed E-state index contributed by atoms with van der Waals surface area (Å²) >= 11 is 0. The normalized spacial score (nSPS) is 24.0. The lowest BCUT2D eigenvalue weighted by Gasteiger charge is -2.34. The van der Waals surface area contributed by atoms with Crippen LogP contribution in [0.5, 0.6) is 0 Å². The number of carbonyl (C=O) groups excluding carboxylic acids is 3. The molecule has 6 nitrogen and oxygen atoms in total. The molecular weight excluding hydrogens is 298 g/mol. The molecule has 0 amide bonds. The van der Waals surface area contributed by atoms with E-state index in [9.17, 15) is 14.4 Å². The van der Waals surface area contributed by atoms with Crippen LogP contribution in [0.15, 0.2) is 24.3 Å². The van der Waals surface area contributed by atoms with Gasteiger partial charge >= 0.3 is 11.9 Å². The number of anilines is 1. The van der Waals surface area contributed by atoms with Gasteiger partial charge < -0.3 is 14.8 Å². The molecule has 1 fully saturated rings. The van der Waals surface area contributed by atoms with E-state index in [1.807, 2.05) is 12.1 Å². The number of ether oxygens (including phenoxy) is 2. The molecule has 0 unspecified atom stereocenters. The number of hydrogen-bond donors (Lipinski definition) is 1. The lowest BCUT2D eigenvalue weighted by Crippen LogP contribution is -2.42. The van der Waals surface area contributed by atoms with Crippen LogP contribution >= 0.6 is 0 Å². The Morgan fingerprint density at radius 2 is 1.70 bits per heavy atom. The summed E-state index contributed by atoms with van der Waals surface area (Å²) in [6, 6.07) is 7.26. The van der Waals surface area contributed by atoms with Crippen molar-refractivity contribution < 1.29 is 23.9 Å². The molecule has 0 aliphatic heterocycles. The van der Waals surface area contributed by atoms with Gasteiger partial charge in [0.25, 0.3) is 0 Å². The van der Waals surface area contributed by atoms with Gasteiger partial charge in [0, 0.05) is 19.2 Å². The van der Waals surface area contributed by atoms with Gasteiger partial charge in [-0.2, -0.15) is 0 Å². The summed E-state index contributed by atoms with van der Waals surface area (Å²) in [6.45, 7) is 0. The monoisotopic (exact) mass is 319 g/mol. The molecule has 0 aromatic heterocycles. The summed E-state index contributed by atoms with van der Waals surface area (Å²) < 4.78 is 9.65. The van der Waals surface area contributed by atoms with Crippen LogP contribution in [0.2, 0.25) is 0 Å². The third-order valence-electron chi connectivity index (χ3n) is 4.38. The van der Waals surface area contributed by atoms with Crippen molar-refractivity contribution in [3.8, 4) is 0 Å². The van der Waals surface area contributed by atoms with Crippen molar-refractivity contribution in [3.05, 3.63) is 29.8 Å². The maximum absolute atomic E-state index is 12.5. The maximum atomic E-state index is 12.5. The number of ketones is 1. The van der Waals surface area contributed by atoms with Crippen molar-refractivity contribution in [2.45, 2.75) is 18.8 Å². The molecule has 0 saturated heterocycles. The average molecular weight is 319 g/mol. The zero-order valence-corrected chi connectivity index (χ0v) is 13.5. The zero-order chi connectivity index (χ0) is 17.0. The summed E-state index contributed by atoms with van der Waals surface area (Å²) in [5.41, 5.74) is 1.61. The third-order valence-corrected chi connectivity index (χ3v) is 4.38. The van der Waals surface area contributed by atoms with Crippen LogP contribution in [0.1, 0.15) is 24.3 Å². The van der Waals surface area contributed by atoms with E-state index in [0.29, 0.717) is 12.0 Å². The molecule has 0 bridgehead atoms. The molecule has 1 N–H and O–H groups in total. The quantitative estimate of drug-likeness (QED) is 0.852. The number of rotatable bonds is 4. The van der Waals surface area contributed by atoms with Gasteiger partial charge in [0.15, 0.2) is 0 Å². The molecule has 0 radical (unpaired) electrons. The van der Waals surface area contributed by atoms with Crippen molar-refractivity contribution >= 4 is 23.4 Å². The van der Waals surface area contributed by atoms with Crippen LogP contribution < -0.4 is 5.32 Å². The van der Waals surface area contributed by atoms with Crippen LogP contribution in [0, 0.1) is 11.8 Å². The predicted octanol–water partition coefficient (Wildman–Crippen LogP) is 1.75. The average Bonchev–Trinajstić information content (AvgIpc) is 2.60. The molecule has 0 spiro atoms. The third kappa shape index (κ3) is 3.36. The number of carbonyl (C=O) groups is 3. The Balaban J connectivity index is 2.43. The topological polar surface area (TPSA) is 81.7 Å². The van der Waals surface area contributed by atoms with Gasteiger partial charge in [-0.15, -0.1) is 0 Å². The Morgan fingerprint density at radius 1 is 1.09 bits per heavy atom. The van der Waals surface area contributed by atoms with Crippen molar-refractivity contribution in [1.29, 1.82) is 0 Å². The first-order valence-corrected chi connectivity index (χ1v) is 7.49. The summed E-state index contributed by atoms with van der Waals surface area (Å²) in [6.07, 6.45) is 0.544. The Hall–Kier alpha value is -2.37.